The molecule has 0 radical (unpaired) electrons. The van der Waals surface area contributed by atoms with E-state index in [1.807, 2.05) is 56.6 Å². The van der Waals surface area contributed by atoms with Crippen LogP contribution in [0, 0.1) is 18.3 Å². The summed E-state index contributed by atoms with van der Waals surface area (Å²) in [5.41, 5.74) is 2.49. The van der Waals surface area contributed by atoms with Crippen LogP contribution in [0.5, 0.6) is 0 Å². The first-order valence-corrected chi connectivity index (χ1v) is 8.84. The van der Waals surface area contributed by atoms with Crippen LogP contribution in [0.25, 0.3) is 11.4 Å². The molecule has 134 valence electrons. The lowest BCUT2D eigenvalue weighted by Gasteiger charge is -2.25. The smallest absolute Gasteiger partial charge is 0.227 e. The lowest BCUT2D eigenvalue weighted by Crippen LogP contribution is -2.38. The predicted molar refractivity (Wildman–Crippen MR) is 96.8 cm³/mol. The highest BCUT2D eigenvalue weighted by molar-refractivity contribution is 5.81. The van der Waals surface area contributed by atoms with E-state index in [9.17, 15) is 4.79 Å². The van der Waals surface area contributed by atoms with Crippen molar-refractivity contribution in [3.05, 3.63) is 30.1 Å². The molecule has 1 aliphatic heterocycles. The van der Waals surface area contributed by atoms with Gasteiger partial charge in [-0.15, -0.1) is 0 Å². The Kier molecular flexibility index (Phi) is 4.62. The Bertz CT molecular complexity index is 774. The van der Waals surface area contributed by atoms with Crippen LogP contribution in [0.3, 0.4) is 0 Å². The quantitative estimate of drug-likeness (QED) is 0.861. The van der Waals surface area contributed by atoms with Gasteiger partial charge in [0.1, 0.15) is 11.5 Å². The molecule has 2 aromatic heterocycles. The van der Waals surface area contributed by atoms with E-state index in [0.717, 1.165) is 48.8 Å². The van der Waals surface area contributed by atoms with Crippen molar-refractivity contribution in [1.82, 2.24) is 24.4 Å². The Morgan fingerprint density at radius 3 is 2.68 bits per heavy atom. The molecule has 1 aliphatic rings. The third kappa shape index (κ3) is 3.72. The molecule has 6 heteroatoms. The Labute approximate surface area is 149 Å². The number of carbonyl (C=O) groups excluding carboxylic acids is 1. The number of aromatic nitrogens is 4. The Hall–Kier alpha value is -2.24. The number of nitrogens with zero attached hydrogens (tertiary/aromatic N) is 5. The summed E-state index contributed by atoms with van der Waals surface area (Å²) in [6.45, 7) is 9.57. The summed E-state index contributed by atoms with van der Waals surface area (Å²) in [5.74, 6) is 1.64. The minimum Gasteiger partial charge on any atom is -0.342 e. The molecule has 0 aromatic carbocycles. The number of rotatable bonds is 3. The van der Waals surface area contributed by atoms with Gasteiger partial charge in [-0.1, -0.05) is 20.8 Å². The lowest BCUT2D eigenvalue weighted by molar-refractivity contribution is -0.138. The number of likely N-dealkylation sites (tertiary alicyclic amines) is 1. The van der Waals surface area contributed by atoms with Gasteiger partial charge in [0.15, 0.2) is 0 Å². The van der Waals surface area contributed by atoms with Crippen molar-refractivity contribution in [3.8, 4) is 11.4 Å². The van der Waals surface area contributed by atoms with Gasteiger partial charge in [-0.2, -0.15) is 0 Å². The number of hydrogen-bond acceptors (Lipinski definition) is 4. The summed E-state index contributed by atoms with van der Waals surface area (Å²) in [6, 6.07) is 0. The second-order valence-corrected chi connectivity index (χ2v) is 8.01. The fourth-order valence-corrected chi connectivity index (χ4v) is 3.32. The van der Waals surface area contributed by atoms with Crippen molar-refractivity contribution >= 4 is 5.91 Å². The summed E-state index contributed by atoms with van der Waals surface area (Å²) in [5, 5.41) is 0. The van der Waals surface area contributed by atoms with Crippen LogP contribution in [0.15, 0.2) is 18.6 Å². The molecule has 2 aromatic rings. The molecule has 0 aliphatic carbocycles. The van der Waals surface area contributed by atoms with Gasteiger partial charge in [-0.3, -0.25) is 9.78 Å². The van der Waals surface area contributed by atoms with E-state index in [-0.39, 0.29) is 11.3 Å². The van der Waals surface area contributed by atoms with E-state index in [1.54, 1.807) is 6.20 Å². The molecule has 0 N–H and O–H groups in total. The van der Waals surface area contributed by atoms with E-state index in [1.165, 1.54) is 0 Å². The zero-order chi connectivity index (χ0) is 18.2. The largest absolute Gasteiger partial charge is 0.342 e. The van der Waals surface area contributed by atoms with Crippen LogP contribution in [0.2, 0.25) is 0 Å². The van der Waals surface area contributed by atoms with Gasteiger partial charge < -0.3 is 9.47 Å². The number of hydrogen-bond donors (Lipinski definition) is 0. The molecule has 1 fully saturated rings. The van der Waals surface area contributed by atoms with E-state index >= 15 is 0 Å². The molecule has 6 nitrogen and oxygen atoms in total. The van der Waals surface area contributed by atoms with Crippen LogP contribution in [0.4, 0.5) is 0 Å². The first-order chi connectivity index (χ1) is 11.8. The number of imidazole rings is 1. The monoisotopic (exact) mass is 341 g/mol. The molecular formula is C19H27N5O. The third-order valence-electron chi connectivity index (χ3n) is 4.88. The molecule has 25 heavy (non-hydrogen) atoms. The van der Waals surface area contributed by atoms with Crippen molar-refractivity contribution in [2.45, 2.75) is 40.5 Å². The molecule has 1 unspecified atom stereocenters. The van der Waals surface area contributed by atoms with Crippen LogP contribution in [-0.4, -0.2) is 43.4 Å². The first kappa shape index (κ1) is 17.6. The van der Waals surface area contributed by atoms with Crippen LogP contribution in [-0.2, 0) is 18.3 Å². The fraction of sp³-hybridized carbons (Fsp3) is 0.579. The lowest BCUT2D eigenvalue weighted by atomic mass is 9.95. The van der Waals surface area contributed by atoms with E-state index in [4.69, 9.17) is 4.98 Å². The minimum atomic E-state index is -0.313. The topological polar surface area (TPSA) is 63.9 Å². The zero-order valence-corrected chi connectivity index (χ0v) is 15.8. The van der Waals surface area contributed by atoms with Crippen molar-refractivity contribution in [3.63, 3.8) is 0 Å². The third-order valence-corrected chi connectivity index (χ3v) is 4.88. The summed E-state index contributed by atoms with van der Waals surface area (Å²) in [7, 11) is 1.99. The highest BCUT2D eigenvalue weighted by Crippen LogP contribution is 2.26. The maximum absolute atomic E-state index is 12.4. The van der Waals surface area contributed by atoms with Crippen LogP contribution < -0.4 is 0 Å². The van der Waals surface area contributed by atoms with Gasteiger partial charge >= 0.3 is 0 Å². The normalized spacial score (nSPS) is 18.0. The Morgan fingerprint density at radius 1 is 1.28 bits per heavy atom. The number of carbonyl (C=O) groups is 1. The molecular weight excluding hydrogens is 314 g/mol. The molecule has 1 saturated heterocycles. The SMILES string of the molecule is Cc1ncc(-c2cncc(CC3CCN(C(=O)C(C)(C)C)C3)n2)n1C. The van der Waals surface area contributed by atoms with Gasteiger partial charge in [0.05, 0.1) is 23.8 Å². The second-order valence-electron chi connectivity index (χ2n) is 8.01. The molecule has 0 saturated carbocycles. The molecule has 1 amide bonds. The minimum absolute atomic E-state index is 0.236. The van der Waals surface area contributed by atoms with E-state index in [2.05, 4.69) is 9.97 Å². The highest BCUT2D eigenvalue weighted by Gasteiger charge is 2.32. The zero-order valence-electron chi connectivity index (χ0n) is 15.8. The van der Waals surface area contributed by atoms with Crippen LogP contribution in [0.1, 0.15) is 38.7 Å². The van der Waals surface area contributed by atoms with Gasteiger partial charge in [0.25, 0.3) is 0 Å². The highest BCUT2D eigenvalue weighted by atomic mass is 16.2. The van der Waals surface area contributed by atoms with Gasteiger partial charge in [-0.25, -0.2) is 9.97 Å². The second kappa shape index (κ2) is 6.58. The summed E-state index contributed by atoms with van der Waals surface area (Å²) < 4.78 is 2.02. The summed E-state index contributed by atoms with van der Waals surface area (Å²) in [4.78, 5) is 27.9. The van der Waals surface area contributed by atoms with Gasteiger partial charge in [0, 0.05) is 31.7 Å². The summed E-state index contributed by atoms with van der Waals surface area (Å²) >= 11 is 0. The van der Waals surface area contributed by atoms with Crippen LogP contribution >= 0.6 is 0 Å². The molecule has 1 atom stereocenters. The number of amides is 1. The standard InChI is InChI=1S/C19H27N5O/c1-13-21-11-17(23(13)5)16-10-20-9-15(22-16)8-14-6-7-24(12-14)18(25)19(2,3)4/h9-11,14H,6-8,12H2,1-5H3. The molecule has 0 bridgehead atoms. The van der Waals surface area contributed by atoms with Crippen molar-refractivity contribution in [1.29, 1.82) is 0 Å². The van der Waals surface area contributed by atoms with Crippen molar-refractivity contribution in [2.75, 3.05) is 13.1 Å². The Morgan fingerprint density at radius 2 is 2.04 bits per heavy atom. The van der Waals surface area contributed by atoms with Gasteiger partial charge in [0.2, 0.25) is 5.91 Å². The maximum Gasteiger partial charge on any atom is 0.227 e. The average molecular weight is 341 g/mol. The maximum atomic E-state index is 12.4. The van der Waals surface area contributed by atoms with E-state index in [0.29, 0.717) is 5.92 Å². The molecule has 3 heterocycles. The van der Waals surface area contributed by atoms with Gasteiger partial charge in [-0.05, 0) is 25.7 Å². The van der Waals surface area contributed by atoms with E-state index < -0.39 is 0 Å². The first-order valence-electron chi connectivity index (χ1n) is 8.84. The predicted octanol–water partition coefficient (Wildman–Crippen LogP) is 2.62. The fourth-order valence-electron chi connectivity index (χ4n) is 3.32. The molecule has 3 rings (SSSR count). The Balaban J connectivity index is 1.70. The summed E-state index contributed by atoms with van der Waals surface area (Å²) in [6.07, 6.45) is 7.33. The average Bonchev–Trinajstić information content (AvgIpc) is 3.14. The number of aryl methyl sites for hydroxylation is 1. The van der Waals surface area contributed by atoms with Crippen molar-refractivity contribution < 1.29 is 4.79 Å². The molecule has 0 spiro atoms. The van der Waals surface area contributed by atoms with Crippen molar-refractivity contribution in [2.24, 2.45) is 18.4 Å².